The van der Waals surface area contributed by atoms with Crippen LogP contribution in [0.1, 0.15) is 24.4 Å². The number of likely N-dealkylation sites (N-methyl/N-ethyl adjacent to an activating group) is 1. The molecule has 2 aliphatic heterocycles. The van der Waals surface area contributed by atoms with E-state index in [1.165, 1.54) is 10.6 Å². The minimum absolute atomic E-state index is 0.197. The number of rotatable bonds is 2. The molecule has 4 heterocycles. The molecule has 0 radical (unpaired) electrons. The van der Waals surface area contributed by atoms with Crippen LogP contribution in [0.15, 0.2) is 46.0 Å². The third-order valence-corrected chi connectivity index (χ3v) is 7.37. The first-order valence-electron chi connectivity index (χ1n) is 8.86. The molecular weight excluding hydrogens is 368 g/mol. The molecule has 8 nitrogen and oxygen atoms in total. The lowest BCUT2D eigenvalue weighted by Crippen LogP contribution is -2.52. The van der Waals surface area contributed by atoms with Crippen LogP contribution >= 0.6 is 0 Å². The predicted octanol–water partition coefficient (Wildman–Crippen LogP) is 1.42. The number of carbonyl (C=O) groups is 1. The summed E-state index contributed by atoms with van der Waals surface area (Å²) in [6.07, 6.45) is 3.05. The first kappa shape index (κ1) is 18.0. The highest BCUT2D eigenvalue weighted by Gasteiger charge is 2.50. The quantitative estimate of drug-likeness (QED) is 0.771. The van der Waals surface area contributed by atoms with E-state index < -0.39 is 10.0 Å². The highest BCUT2D eigenvalue weighted by Crippen LogP contribution is 2.37. The molecule has 0 aromatic carbocycles. The van der Waals surface area contributed by atoms with Crippen molar-refractivity contribution in [1.82, 2.24) is 14.2 Å². The van der Waals surface area contributed by atoms with E-state index in [0.29, 0.717) is 18.9 Å². The van der Waals surface area contributed by atoms with Gasteiger partial charge in [-0.1, -0.05) is 0 Å². The maximum Gasteiger partial charge on any atom is 0.289 e. The largest absolute Gasteiger partial charge is 0.459 e. The van der Waals surface area contributed by atoms with Crippen LogP contribution in [0.25, 0.3) is 0 Å². The Balaban J connectivity index is 1.79. The highest BCUT2D eigenvalue weighted by atomic mass is 32.2. The molecule has 1 fully saturated rings. The van der Waals surface area contributed by atoms with Crippen LogP contribution in [0.3, 0.4) is 0 Å². The monoisotopic (exact) mass is 390 g/mol. The number of aromatic nitrogens is 1. The van der Waals surface area contributed by atoms with Crippen LogP contribution in [0.5, 0.6) is 0 Å². The highest BCUT2D eigenvalue weighted by molar-refractivity contribution is 7.89. The van der Waals surface area contributed by atoms with Crippen LogP contribution in [0, 0.1) is 0 Å². The fourth-order valence-electron chi connectivity index (χ4n) is 4.08. The van der Waals surface area contributed by atoms with E-state index in [2.05, 4.69) is 4.98 Å². The molecule has 1 amide bonds. The van der Waals surface area contributed by atoms with E-state index in [9.17, 15) is 13.2 Å². The van der Waals surface area contributed by atoms with E-state index in [1.807, 2.05) is 25.8 Å². The van der Waals surface area contributed by atoms with Gasteiger partial charge in [0.1, 0.15) is 10.7 Å². The van der Waals surface area contributed by atoms with E-state index in [1.54, 1.807) is 35.4 Å². The SMILES string of the molecule is CC(C)N1[C@@H]2CN(C(=O)c3ccco3)C[C@H]2N(C)c2ncccc2S1(=O)=O. The molecule has 27 heavy (non-hydrogen) atoms. The number of hydrogen-bond acceptors (Lipinski definition) is 6. The van der Waals surface area contributed by atoms with Crippen molar-refractivity contribution in [2.45, 2.75) is 36.9 Å². The fraction of sp³-hybridized carbons (Fsp3) is 0.444. The second-order valence-corrected chi connectivity index (χ2v) is 9.00. The van der Waals surface area contributed by atoms with Crippen molar-refractivity contribution in [1.29, 1.82) is 0 Å². The Bertz CT molecular complexity index is 958. The Morgan fingerprint density at radius 1 is 1.22 bits per heavy atom. The molecule has 0 spiro atoms. The van der Waals surface area contributed by atoms with Gasteiger partial charge in [-0.25, -0.2) is 13.4 Å². The molecule has 2 aromatic rings. The molecule has 2 aromatic heterocycles. The Kier molecular flexibility index (Phi) is 4.23. The van der Waals surface area contributed by atoms with Gasteiger partial charge < -0.3 is 14.2 Å². The molecule has 0 aliphatic carbocycles. The number of hydrogen-bond donors (Lipinski definition) is 0. The smallest absolute Gasteiger partial charge is 0.289 e. The summed E-state index contributed by atoms with van der Waals surface area (Å²) in [6, 6.07) is 5.70. The van der Waals surface area contributed by atoms with Gasteiger partial charge in [0.2, 0.25) is 10.0 Å². The van der Waals surface area contributed by atoms with Crippen molar-refractivity contribution in [2.24, 2.45) is 0 Å². The lowest BCUT2D eigenvalue weighted by molar-refractivity contribution is 0.0750. The van der Waals surface area contributed by atoms with Crippen molar-refractivity contribution < 1.29 is 17.6 Å². The van der Waals surface area contributed by atoms with Crippen LogP contribution in [-0.2, 0) is 10.0 Å². The lowest BCUT2D eigenvalue weighted by atomic mass is 10.1. The Morgan fingerprint density at radius 2 is 1.96 bits per heavy atom. The average Bonchev–Trinajstić information content (AvgIpc) is 3.29. The molecular formula is C18H22N4O4S. The number of sulfonamides is 1. The summed E-state index contributed by atoms with van der Waals surface area (Å²) in [4.78, 5) is 20.8. The summed E-state index contributed by atoms with van der Waals surface area (Å²) in [5.74, 6) is 0.443. The average molecular weight is 390 g/mol. The van der Waals surface area contributed by atoms with Crippen LogP contribution in [0.2, 0.25) is 0 Å². The third kappa shape index (κ3) is 2.72. The summed E-state index contributed by atoms with van der Waals surface area (Å²) >= 11 is 0. The van der Waals surface area contributed by atoms with Crippen LogP contribution in [-0.4, -0.2) is 66.8 Å². The van der Waals surface area contributed by atoms with Crippen molar-refractivity contribution in [3.05, 3.63) is 42.5 Å². The van der Waals surface area contributed by atoms with E-state index in [-0.39, 0.29) is 34.7 Å². The van der Waals surface area contributed by atoms with Crippen LogP contribution in [0.4, 0.5) is 5.82 Å². The lowest BCUT2D eigenvalue weighted by Gasteiger charge is -2.33. The van der Waals surface area contributed by atoms with Gasteiger partial charge in [-0.2, -0.15) is 4.31 Å². The number of pyridine rings is 1. The van der Waals surface area contributed by atoms with Crippen molar-refractivity contribution in [3.63, 3.8) is 0 Å². The topological polar surface area (TPSA) is 87.0 Å². The molecule has 0 unspecified atom stereocenters. The third-order valence-electron chi connectivity index (χ3n) is 5.25. The summed E-state index contributed by atoms with van der Waals surface area (Å²) in [5.41, 5.74) is 0. The number of likely N-dealkylation sites (tertiary alicyclic amines) is 1. The van der Waals surface area contributed by atoms with Gasteiger partial charge in [-0.05, 0) is 38.1 Å². The summed E-state index contributed by atoms with van der Waals surface area (Å²) in [5, 5.41) is 0. The standard InChI is InChI=1S/C18H22N4O4S/c1-12(2)22-14-11-21(18(23)15-6-5-9-26-15)10-13(14)20(3)17-16(27(22,24)25)7-4-8-19-17/h4-9,12-14H,10-11H2,1-3H3/t13-,14-/m1/s1. The number of carbonyl (C=O) groups excluding carboxylic acids is 1. The summed E-state index contributed by atoms with van der Waals surface area (Å²) < 4.78 is 33.6. The van der Waals surface area contributed by atoms with E-state index in [0.717, 1.165) is 0 Å². The zero-order chi connectivity index (χ0) is 19.3. The van der Waals surface area contributed by atoms with Crippen molar-refractivity contribution in [3.8, 4) is 0 Å². The molecule has 2 aliphatic rings. The Labute approximate surface area is 158 Å². The molecule has 0 saturated carbocycles. The molecule has 1 saturated heterocycles. The second-order valence-electron chi connectivity index (χ2n) is 7.19. The number of nitrogens with zero attached hydrogens (tertiary/aromatic N) is 4. The van der Waals surface area contributed by atoms with Gasteiger partial charge in [0.25, 0.3) is 5.91 Å². The number of furan rings is 1. The zero-order valence-electron chi connectivity index (χ0n) is 15.4. The van der Waals surface area contributed by atoms with E-state index in [4.69, 9.17) is 4.42 Å². The number of fused-ring (bicyclic) bond motifs is 2. The molecule has 9 heteroatoms. The zero-order valence-corrected chi connectivity index (χ0v) is 16.3. The fourth-order valence-corrected chi connectivity index (χ4v) is 6.10. The van der Waals surface area contributed by atoms with Gasteiger partial charge in [0.05, 0.1) is 18.3 Å². The van der Waals surface area contributed by atoms with Gasteiger partial charge in [-0.15, -0.1) is 0 Å². The first-order chi connectivity index (χ1) is 12.8. The maximum atomic E-state index is 13.4. The minimum atomic E-state index is -3.74. The minimum Gasteiger partial charge on any atom is -0.459 e. The number of amides is 1. The molecule has 0 N–H and O–H groups in total. The summed E-state index contributed by atoms with van der Waals surface area (Å²) in [7, 11) is -1.90. The van der Waals surface area contributed by atoms with Gasteiger partial charge in [-0.3, -0.25) is 4.79 Å². The Morgan fingerprint density at radius 3 is 2.63 bits per heavy atom. The number of anilines is 1. The maximum absolute atomic E-state index is 13.4. The van der Waals surface area contributed by atoms with Crippen molar-refractivity contribution >= 4 is 21.7 Å². The van der Waals surface area contributed by atoms with E-state index >= 15 is 0 Å². The second kappa shape index (κ2) is 6.35. The van der Waals surface area contributed by atoms with Crippen molar-refractivity contribution in [2.75, 3.05) is 25.0 Å². The molecule has 0 bridgehead atoms. The normalized spacial score (nSPS) is 24.6. The summed E-state index contributed by atoms with van der Waals surface area (Å²) in [6.45, 7) is 4.41. The molecule has 144 valence electrons. The van der Waals surface area contributed by atoms with Gasteiger partial charge >= 0.3 is 0 Å². The first-order valence-corrected chi connectivity index (χ1v) is 10.3. The van der Waals surface area contributed by atoms with Gasteiger partial charge in [0.15, 0.2) is 5.76 Å². The van der Waals surface area contributed by atoms with Crippen LogP contribution < -0.4 is 4.90 Å². The molecule has 2 atom stereocenters. The predicted molar refractivity (Wildman–Crippen MR) is 99.0 cm³/mol. The molecule has 4 rings (SSSR count). The Hall–Kier alpha value is -2.39. The van der Waals surface area contributed by atoms with Gasteiger partial charge in [0, 0.05) is 32.4 Å².